The van der Waals surface area contributed by atoms with Gasteiger partial charge in [0.15, 0.2) is 0 Å². The highest BCUT2D eigenvalue weighted by atomic mass is 16.5. The average Bonchev–Trinajstić information content (AvgIpc) is 2.79. The summed E-state index contributed by atoms with van der Waals surface area (Å²) in [6, 6.07) is 0. The van der Waals surface area contributed by atoms with Crippen LogP contribution >= 0.6 is 0 Å². The molecule has 2 N–H and O–H groups in total. The normalized spacial score (nSPS) is 34.1. The van der Waals surface area contributed by atoms with Crippen molar-refractivity contribution in [3.8, 4) is 0 Å². The molecule has 2 heteroatoms. The molecule has 2 rings (SSSR count). The zero-order chi connectivity index (χ0) is 9.80. The Bertz CT molecular complexity index is 166. The molecule has 2 nitrogen and oxygen atoms in total. The van der Waals surface area contributed by atoms with E-state index in [0.717, 1.165) is 12.5 Å². The summed E-state index contributed by atoms with van der Waals surface area (Å²) in [5.41, 5.74) is 5.58. The standard InChI is InChI=1S/C12H23NO/c13-8-7-10-5-6-12(9-10)14-11-3-1-2-4-11/h10-12H,1-9,13H2. The van der Waals surface area contributed by atoms with Crippen molar-refractivity contribution in [3.05, 3.63) is 0 Å². The van der Waals surface area contributed by atoms with Crippen LogP contribution in [0.25, 0.3) is 0 Å². The SMILES string of the molecule is NCCC1CCC(OC2CCCC2)C1. The van der Waals surface area contributed by atoms with Gasteiger partial charge in [0.05, 0.1) is 12.2 Å². The summed E-state index contributed by atoms with van der Waals surface area (Å²) in [5.74, 6) is 0.853. The fraction of sp³-hybridized carbons (Fsp3) is 1.00. The lowest BCUT2D eigenvalue weighted by Crippen LogP contribution is -2.17. The third-order valence-electron chi connectivity index (χ3n) is 3.76. The molecule has 0 radical (unpaired) electrons. The van der Waals surface area contributed by atoms with E-state index in [1.54, 1.807) is 0 Å². The molecule has 0 amide bonds. The molecule has 0 bridgehead atoms. The molecule has 14 heavy (non-hydrogen) atoms. The van der Waals surface area contributed by atoms with Gasteiger partial charge in [0.1, 0.15) is 0 Å². The second kappa shape index (κ2) is 5.13. The number of rotatable bonds is 4. The first-order valence-corrected chi connectivity index (χ1v) is 6.24. The monoisotopic (exact) mass is 197 g/mol. The highest BCUT2D eigenvalue weighted by Gasteiger charge is 2.27. The van der Waals surface area contributed by atoms with Crippen LogP contribution in [0, 0.1) is 5.92 Å². The summed E-state index contributed by atoms with van der Waals surface area (Å²) in [5, 5.41) is 0. The van der Waals surface area contributed by atoms with Gasteiger partial charge in [-0.25, -0.2) is 0 Å². The first kappa shape index (κ1) is 10.4. The molecule has 0 heterocycles. The van der Waals surface area contributed by atoms with Gasteiger partial charge in [0.25, 0.3) is 0 Å². The Morgan fingerprint density at radius 2 is 1.79 bits per heavy atom. The predicted molar refractivity (Wildman–Crippen MR) is 58.1 cm³/mol. The minimum Gasteiger partial charge on any atom is -0.375 e. The fourth-order valence-electron chi connectivity index (χ4n) is 2.95. The molecule has 0 saturated heterocycles. The van der Waals surface area contributed by atoms with Crippen LogP contribution in [-0.2, 0) is 4.74 Å². The third-order valence-corrected chi connectivity index (χ3v) is 3.76. The van der Waals surface area contributed by atoms with E-state index in [-0.39, 0.29) is 0 Å². The van der Waals surface area contributed by atoms with E-state index in [1.807, 2.05) is 0 Å². The molecule has 2 aliphatic rings. The van der Waals surface area contributed by atoms with Gasteiger partial charge in [-0.3, -0.25) is 0 Å². The van der Waals surface area contributed by atoms with Crippen LogP contribution in [0.15, 0.2) is 0 Å². The van der Waals surface area contributed by atoms with Crippen LogP contribution in [0.4, 0.5) is 0 Å². The van der Waals surface area contributed by atoms with Crippen LogP contribution < -0.4 is 5.73 Å². The van der Waals surface area contributed by atoms with Crippen LogP contribution in [-0.4, -0.2) is 18.8 Å². The molecule has 0 spiro atoms. The molecule has 82 valence electrons. The van der Waals surface area contributed by atoms with Gasteiger partial charge in [-0.1, -0.05) is 12.8 Å². The van der Waals surface area contributed by atoms with Crippen molar-refractivity contribution >= 4 is 0 Å². The molecule has 0 aromatic heterocycles. The van der Waals surface area contributed by atoms with Gasteiger partial charge >= 0.3 is 0 Å². The van der Waals surface area contributed by atoms with Crippen molar-refractivity contribution in [2.45, 2.75) is 63.6 Å². The van der Waals surface area contributed by atoms with E-state index in [0.29, 0.717) is 12.2 Å². The Kier molecular flexibility index (Phi) is 3.82. The summed E-state index contributed by atoms with van der Waals surface area (Å²) >= 11 is 0. The van der Waals surface area contributed by atoms with E-state index in [2.05, 4.69) is 0 Å². The van der Waals surface area contributed by atoms with Gasteiger partial charge in [-0.2, -0.15) is 0 Å². The first-order valence-electron chi connectivity index (χ1n) is 6.24. The van der Waals surface area contributed by atoms with Gasteiger partial charge < -0.3 is 10.5 Å². The Labute approximate surface area is 87.2 Å². The maximum absolute atomic E-state index is 6.11. The highest BCUT2D eigenvalue weighted by Crippen LogP contribution is 2.33. The second-order valence-corrected chi connectivity index (χ2v) is 4.92. The molecule has 0 aromatic rings. The molecule has 2 unspecified atom stereocenters. The fourth-order valence-corrected chi connectivity index (χ4v) is 2.95. The number of hydrogen-bond acceptors (Lipinski definition) is 2. The molecular formula is C12H23NO. The van der Waals surface area contributed by atoms with Crippen molar-refractivity contribution in [1.82, 2.24) is 0 Å². The zero-order valence-electron chi connectivity index (χ0n) is 9.08. The summed E-state index contributed by atoms with van der Waals surface area (Å²) in [6.45, 7) is 0.848. The number of ether oxygens (including phenoxy) is 1. The maximum atomic E-state index is 6.11. The van der Waals surface area contributed by atoms with E-state index in [4.69, 9.17) is 10.5 Å². The summed E-state index contributed by atoms with van der Waals surface area (Å²) in [6.07, 6.45) is 11.6. The van der Waals surface area contributed by atoms with Crippen LogP contribution in [0.2, 0.25) is 0 Å². The largest absolute Gasteiger partial charge is 0.375 e. The Morgan fingerprint density at radius 3 is 2.50 bits per heavy atom. The smallest absolute Gasteiger partial charge is 0.0581 e. The first-order chi connectivity index (χ1) is 6.88. The summed E-state index contributed by atoms with van der Waals surface area (Å²) in [7, 11) is 0. The lowest BCUT2D eigenvalue weighted by atomic mass is 10.0. The topological polar surface area (TPSA) is 35.2 Å². The van der Waals surface area contributed by atoms with Crippen molar-refractivity contribution in [2.75, 3.05) is 6.54 Å². The molecule has 2 atom stereocenters. The summed E-state index contributed by atoms with van der Waals surface area (Å²) in [4.78, 5) is 0. The number of nitrogens with two attached hydrogens (primary N) is 1. The highest BCUT2D eigenvalue weighted by molar-refractivity contribution is 4.78. The molecule has 0 aliphatic heterocycles. The molecular weight excluding hydrogens is 174 g/mol. The van der Waals surface area contributed by atoms with Gasteiger partial charge in [-0.15, -0.1) is 0 Å². The third kappa shape index (κ3) is 2.71. The Balaban J connectivity index is 1.67. The van der Waals surface area contributed by atoms with E-state index in [9.17, 15) is 0 Å². The second-order valence-electron chi connectivity index (χ2n) is 4.92. The van der Waals surface area contributed by atoms with E-state index >= 15 is 0 Å². The van der Waals surface area contributed by atoms with Crippen molar-refractivity contribution < 1.29 is 4.74 Å². The molecule has 2 fully saturated rings. The zero-order valence-corrected chi connectivity index (χ0v) is 9.08. The number of hydrogen-bond donors (Lipinski definition) is 1. The van der Waals surface area contributed by atoms with Gasteiger partial charge in [0.2, 0.25) is 0 Å². The quantitative estimate of drug-likeness (QED) is 0.751. The molecule has 2 saturated carbocycles. The maximum Gasteiger partial charge on any atom is 0.0581 e. The minimum absolute atomic E-state index is 0.564. The van der Waals surface area contributed by atoms with Crippen molar-refractivity contribution in [3.63, 3.8) is 0 Å². The van der Waals surface area contributed by atoms with Crippen LogP contribution in [0.1, 0.15) is 51.4 Å². The predicted octanol–water partition coefficient (Wildman–Crippen LogP) is 2.46. The average molecular weight is 197 g/mol. The van der Waals surface area contributed by atoms with E-state index in [1.165, 1.54) is 51.4 Å². The molecule has 2 aliphatic carbocycles. The Morgan fingerprint density at radius 1 is 1.00 bits per heavy atom. The van der Waals surface area contributed by atoms with Gasteiger partial charge in [-0.05, 0) is 51.0 Å². The minimum atomic E-state index is 0.564. The van der Waals surface area contributed by atoms with E-state index < -0.39 is 0 Å². The Hall–Kier alpha value is -0.0800. The molecule has 0 aromatic carbocycles. The lowest BCUT2D eigenvalue weighted by molar-refractivity contribution is -0.00570. The van der Waals surface area contributed by atoms with Crippen LogP contribution in [0.5, 0.6) is 0 Å². The van der Waals surface area contributed by atoms with Crippen molar-refractivity contribution in [1.29, 1.82) is 0 Å². The van der Waals surface area contributed by atoms with Crippen molar-refractivity contribution in [2.24, 2.45) is 11.7 Å². The van der Waals surface area contributed by atoms with Crippen LogP contribution in [0.3, 0.4) is 0 Å². The summed E-state index contributed by atoms with van der Waals surface area (Å²) < 4.78 is 6.11. The lowest BCUT2D eigenvalue weighted by Gasteiger charge is -2.17. The van der Waals surface area contributed by atoms with Gasteiger partial charge in [0, 0.05) is 0 Å².